The quantitative estimate of drug-likeness (QED) is 0.593. The first kappa shape index (κ1) is 21.8. The normalized spacial score (nSPS) is 18.6. The van der Waals surface area contributed by atoms with Crippen molar-refractivity contribution in [2.75, 3.05) is 4.31 Å². The summed E-state index contributed by atoms with van der Waals surface area (Å²) in [6.07, 6.45) is 0. The molecule has 170 valence electrons. The summed E-state index contributed by atoms with van der Waals surface area (Å²) in [7, 11) is -4.08. The summed E-state index contributed by atoms with van der Waals surface area (Å²) in [6.45, 7) is 4.07. The third-order valence-corrected chi connectivity index (χ3v) is 8.06. The molecule has 1 unspecified atom stereocenters. The number of hydrogen-bond donors (Lipinski definition) is 1. The molecule has 1 atom stereocenters. The van der Waals surface area contributed by atoms with Crippen LogP contribution in [0, 0.1) is 25.2 Å². The lowest BCUT2D eigenvalue weighted by Crippen LogP contribution is -2.39. The zero-order valence-electron chi connectivity index (χ0n) is 18.8. The summed E-state index contributed by atoms with van der Waals surface area (Å²) in [5, 5.41) is 9.94. The molecule has 0 fully saturated rings. The molecule has 2 N–H and O–H groups in total. The van der Waals surface area contributed by atoms with Crippen LogP contribution in [-0.2, 0) is 21.3 Å². The second-order valence-corrected chi connectivity index (χ2v) is 10.4. The highest BCUT2D eigenvalue weighted by Crippen LogP contribution is 2.51. The van der Waals surface area contributed by atoms with Crippen molar-refractivity contribution in [1.29, 1.82) is 5.26 Å². The number of nitrogens with zero attached hydrogens (tertiary/aromatic N) is 2. The summed E-state index contributed by atoms with van der Waals surface area (Å²) in [5.74, 6) is -0.769. The fourth-order valence-corrected chi connectivity index (χ4v) is 6.46. The first-order chi connectivity index (χ1) is 16.3. The van der Waals surface area contributed by atoms with Crippen LogP contribution in [0.15, 0.2) is 89.2 Å². The van der Waals surface area contributed by atoms with Crippen LogP contribution in [0.5, 0.6) is 0 Å². The number of para-hydroxylation sites is 1. The Hall–Kier alpha value is -4.02. The summed E-state index contributed by atoms with van der Waals surface area (Å²) < 4.78 is 35.7. The number of nitrogens with two attached hydrogens (primary N) is 1. The van der Waals surface area contributed by atoms with E-state index in [0.717, 1.165) is 16.7 Å². The Morgan fingerprint density at radius 2 is 1.74 bits per heavy atom. The SMILES string of the molecule is Cc1ccc(C2C(C#N)=C(N)OC3=C2S(=O)(=O)N(Cc2cccc(C)c2)c2ccccc23)cc1. The molecular weight excluding hydrogens is 446 g/mol. The molecule has 0 radical (unpaired) electrons. The van der Waals surface area contributed by atoms with Crippen molar-refractivity contribution in [1.82, 2.24) is 0 Å². The number of anilines is 1. The molecule has 3 aromatic rings. The fraction of sp³-hybridized carbons (Fsp3) is 0.148. The summed E-state index contributed by atoms with van der Waals surface area (Å²) >= 11 is 0. The first-order valence-corrected chi connectivity index (χ1v) is 12.3. The Bertz CT molecular complexity index is 1510. The third kappa shape index (κ3) is 3.44. The lowest BCUT2D eigenvalue weighted by Gasteiger charge is -2.38. The van der Waals surface area contributed by atoms with Crippen molar-refractivity contribution in [2.45, 2.75) is 26.3 Å². The van der Waals surface area contributed by atoms with Crippen molar-refractivity contribution in [2.24, 2.45) is 5.73 Å². The molecule has 2 aliphatic heterocycles. The van der Waals surface area contributed by atoms with Gasteiger partial charge in [-0.2, -0.15) is 5.26 Å². The number of benzene rings is 3. The topological polar surface area (TPSA) is 96.4 Å². The molecule has 0 bridgehead atoms. The van der Waals surface area contributed by atoms with Gasteiger partial charge in [0.2, 0.25) is 5.88 Å². The van der Waals surface area contributed by atoms with Crippen molar-refractivity contribution in [3.05, 3.63) is 117 Å². The highest BCUT2D eigenvalue weighted by molar-refractivity contribution is 7.96. The minimum Gasteiger partial charge on any atom is -0.439 e. The maximum atomic E-state index is 14.2. The number of hydrogen-bond acceptors (Lipinski definition) is 5. The van der Waals surface area contributed by atoms with E-state index in [-0.39, 0.29) is 28.7 Å². The molecule has 2 aliphatic rings. The van der Waals surface area contributed by atoms with Crippen LogP contribution < -0.4 is 10.0 Å². The van der Waals surface area contributed by atoms with E-state index < -0.39 is 15.9 Å². The molecule has 5 rings (SSSR count). The number of ether oxygens (including phenoxy) is 1. The Morgan fingerprint density at radius 1 is 1.00 bits per heavy atom. The van der Waals surface area contributed by atoms with Gasteiger partial charge in [0.25, 0.3) is 10.0 Å². The second kappa shape index (κ2) is 8.08. The van der Waals surface area contributed by atoms with Gasteiger partial charge in [-0.05, 0) is 37.1 Å². The molecule has 0 aliphatic carbocycles. The Kier molecular flexibility index (Phi) is 5.18. The van der Waals surface area contributed by atoms with Gasteiger partial charge in [0.15, 0.2) is 5.76 Å². The molecule has 2 heterocycles. The Balaban J connectivity index is 1.76. The molecule has 0 saturated heterocycles. The van der Waals surface area contributed by atoms with Crippen molar-refractivity contribution in [3.63, 3.8) is 0 Å². The van der Waals surface area contributed by atoms with Crippen LogP contribution in [0.1, 0.15) is 33.7 Å². The molecule has 6 nitrogen and oxygen atoms in total. The molecule has 0 saturated carbocycles. The van der Waals surface area contributed by atoms with Crippen LogP contribution in [-0.4, -0.2) is 8.42 Å². The van der Waals surface area contributed by atoms with Crippen LogP contribution in [0.4, 0.5) is 5.69 Å². The van der Waals surface area contributed by atoms with E-state index in [1.54, 1.807) is 12.1 Å². The Labute approximate surface area is 199 Å². The average molecular weight is 470 g/mol. The van der Waals surface area contributed by atoms with Crippen molar-refractivity contribution < 1.29 is 13.2 Å². The lowest BCUT2D eigenvalue weighted by molar-refractivity contribution is 0.357. The fourth-order valence-electron chi connectivity index (χ4n) is 4.55. The van der Waals surface area contributed by atoms with E-state index in [1.165, 1.54) is 4.31 Å². The third-order valence-electron chi connectivity index (χ3n) is 6.18. The maximum absolute atomic E-state index is 14.2. The van der Waals surface area contributed by atoms with E-state index >= 15 is 0 Å². The number of fused-ring (bicyclic) bond motifs is 2. The van der Waals surface area contributed by atoms with Gasteiger partial charge in [-0.3, -0.25) is 4.31 Å². The molecule has 7 heteroatoms. The molecule has 0 aromatic heterocycles. The standard InChI is InChI=1S/C27H23N3O3S/c1-17-10-12-20(13-11-17)24-22(15-28)27(29)33-25-21-8-3-4-9-23(21)30(34(31,32)26(24)25)16-19-7-5-6-18(2)14-19/h3-14,24H,16,29H2,1-2H3. The average Bonchev–Trinajstić information content (AvgIpc) is 2.81. The van der Waals surface area contributed by atoms with E-state index in [9.17, 15) is 13.7 Å². The highest BCUT2D eigenvalue weighted by atomic mass is 32.2. The van der Waals surface area contributed by atoms with Crippen molar-refractivity contribution in [3.8, 4) is 6.07 Å². The van der Waals surface area contributed by atoms with Gasteiger partial charge < -0.3 is 10.5 Å². The molecular formula is C27H23N3O3S. The van der Waals surface area contributed by atoms with Crippen LogP contribution in [0.3, 0.4) is 0 Å². The molecule has 34 heavy (non-hydrogen) atoms. The number of aryl methyl sites for hydroxylation is 2. The first-order valence-electron chi connectivity index (χ1n) is 10.9. The minimum atomic E-state index is -4.08. The van der Waals surface area contributed by atoms with E-state index in [1.807, 2.05) is 74.5 Å². The summed E-state index contributed by atoms with van der Waals surface area (Å²) in [6, 6.07) is 24.5. The Morgan fingerprint density at radius 3 is 2.44 bits per heavy atom. The number of nitriles is 1. The molecule has 3 aromatic carbocycles. The van der Waals surface area contributed by atoms with Crippen molar-refractivity contribution >= 4 is 21.5 Å². The number of allylic oxidation sites excluding steroid dienone is 2. The van der Waals surface area contributed by atoms with Crippen LogP contribution in [0.2, 0.25) is 0 Å². The highest BCUT2D eigenvalue weighted by Gasteiger charge is 2.47. The van der Waals surface area contributed by atoms with E-state index in [4.69, 9.17) is 10.5 Å². The van der Waals surface area contributed by atoms with Crippen LogP contribution in [0.25, 0.3) is 5.76 Å². The number of rotatable bonds is 3. The van der Waals surface area contributed by atoms with E-state index in [0.29, 0.717) is 16.8 Å². The monoisotopic (exact) mass is 469 g/mol. The van der Waals surface area contributed by atoms with Gasteiger partial charge in [-0.25, -0.2) is 8.42 Å². The van der Waals surface area contributed by atoms with Gasteiger partial charge in [0.05, 0.1) is 18.2 Å². The second-order valence-electron chi connectivity index (χ2n) is 8.55. The predicted octanol–water partition coefficient (Wildman–Crippen LogP) is 4.83. The zero-order valence-corrected chi connectivity index (χ0v) is 19.6. The smallest absolute Gasteiger partial charge is 0.265 e. The van der Waals surface area contributed by atoms with Gasteiger partial charge in [0, 0.05) is 5.56 Å². The van der Waals surface area contributed by atoms with Gasteiger partial charge in [-0.1, -0.05) is 71.8 Å². The number of sulfonamides is 1. The minimum absolute atomic E-state index is 0.0356. The molecule has 0 spiro atoms. The van der Waals surface area contributed by atoms with E-state index in [2.05, 4.69) is 6.07 Å². The summed E-state index contributed by atoms with van der Waals surface area (Å²) in [4.78, 5) is 0.0356. The largest absolute Gasteiger partial charge is 0.439 e. The van der Waals surface area contributed by atoms with Crippen LogP contribution >= 0.6 is 0 Å². The lowest BCUT2D eigenvalue weighted by atomic mass is 9.88. The van der Waals surface area contributed by atoms with Gasteiger partial charge in [0.1, 0.15) is 16.5 Å². The van der Waals surface area contributed by atoms with Gasteiger partial charge >= 0.3 is 0 Å². The predicted molar refractivity (Wildman–Crippen MR) is 131 cm³/mol. The maximum Gasteiger partial charge on any atom is 0.265 e. The zero-order chi connectivity index (χ0) is 24.0. The summed E-state index contributed by atoms with van der Waals surface area (Å²) in [5.41, 5.74) is 11.0. The van der Waals surface area contributed by atoms with Gasteiger partial charge in [-0.15, -0.1) is 0 Å². The molecule has 0 amide bonds.